The minimum atomic E-state index is -0.931. The molecule has 1 unspecified atom stereocenters. The summed E-state index contributed by atoms with van der Waals surface area (Å²) in [7, 11) is 1.62. The maximum atomic E-state index is 14.0. The molecule has 46 heavy (non-hydrogen) atoms. The Bertz CT molecular complexity index is 1680. The van der Waals surface area contributed by atoms with Crippen LogP contribution < -0.4 is 9.47 Å². The molecule has 5 rings (SSSR count). The molecule has 2 fully saturated rings. The van der Waals surface area contributed by atoms with Crippen LogP contribution in [0.3, 0.4) is 0 Å². The quantitative estimate of drug-likeness (QED) is 0.168. The second kappa shape index (κ2) is 12.9. The molecule has 2 aliphatic carbocycles. The third kappa shape index (κ3) is 6.64. The van der Waals surface area contributed by atoms with Crippen LogP contribution in [0.4, 0.5) is 0 Å². The Balaban J connectivity index is 1.50. The number of allylic oxidation sites excluding steroid dienone is 1. The van der Waals surface area contributed by atoms with E-state index in [2.05, 4.69) is 11.6 Å². The van der Waals surface area contributed by atoms with Crippen molar-refractivity contribution in [2.45, 2.75) is 78.9 Å². The van der Waals surface area contributed by atoms with Gasteiger partial charge in [0.25, 0.3) is 0 Å². The number of aryl methyl sites for hydroxylation is 2. The lowest BCUT2D eigenvalue weighted by Crippen LogP contribution is -2.34. The third-order valence-electron chi connectivity index (χ3n) is 9.04. The molecule has 0 saturated heterocycles. The molecule has 2 saturated carbocycles. The summed E-state index contributed by atoms with van der Waals surface area (Å²) in [6, 6.07) is 11.4. The van der Waals surface area contributed by atoms with Gasteiger partial charge >= 0.3 is 11.9 Å². The predicted molar refractivity (Wildman–Crippen MR) is 174 cm³/mol. The zero-order valence-electron chi connectivity index (χ0n) is 27.8. The lowest BCUT2D eigenvalue weighted by Gasteiger charge is -2.25. The van der Waals surface area contributed by atoms with Crippen LogP contribution in [0, 0.1) is 37.0 Å². The van der Waals surface area contributed by atoms with Crippen LogP contribution in [0.15, 0.2) is 49.1 Å². The molecule has 0 radical (unpaired) electrons. The van der Waals surface area contributed by atoms with Gasteiger partial charge in [-0.2, -0.15) is 0 Å². The number of nitrogens with zero attached hydrogens (tertiary/aromatic N) is 2. The molecule has 0 bridgehead atoms. The third-order valence-corrected chi connectivity index (χ3v) is 9.04. The van der Waals surface area contributed by atoms with Crippen molar-refractivity contribution in [3.05, 3.63) is 60.3 Å². The Morgan fingerprint density at radius 1 is 1.02 bits per heavy atom. The number of ether oxygens (including phenoxy) is 4. The second-order valence-electron chi connectivity index (χ2n) is 13.5. The Morgan fingerprint density at radius 3 is 2.39 bits per heavy atom. The molecule has 0 aliphatic heterocycles. The summed E-state index contributed by atoms with van der Waals surface area (Å²) in [6.07, 6.45) is 2.33. The summed E-state index contributed by atoms with van der Waals surface area (Å²) in [6.45, 7) is 15.1. The van der Waals surface area contributed by atoms with Crippen molar-refractivity contribution in [2.24, 2.45) is 23.2 Å². The van der Waals surface area contributed by atoms with Gasteiger partial charge < -0.3 is 18.9 Å². The van der Waals surface area contributed by atoms with Crippen molar-refractivity contribution in [3.8, 4) is 22.9 Å². The second-order valence-corrected chi connectivity index (χ2v) is 13.5. The molecule has 0 spiro atoms. The van der Waals surface area contributed by atoms with E-state index in [4.69, 9.17) is 23.9 Å². The molecule has 5 atom stereocenters. The standard InChI is InChI=1S/C37H44N2O7/c1-9-23-19-37(23,35(42)44-10-2)20-30(40)26-16-24(17-27(26)34(41)46-36(5,6)7)45-32-18-29(28-13-11-12-21(3)38-28)39-33-22(4)31(43-8)15-14-25(32)33/h9,11-15,18,23-24,26-27H,1,10,16-17,19-20H2,2-8H3/t23-,24-,26-,27-,37?/m1/s1. The van der Waals surface area contributed by atoms with Crippen molar-refractivity contribution in [1.82, 2.24) is 9.97 Å². The molecule has 0 amide bonds. The minimum absolute atomic E-state index is 0.0143. The number of hydrogen-bond donors (Lipinski definition) is 0. The molecule has 2 heterocycles. The average Bonchev–Trinajstić information content (AvgIpc) is 3.55. The van der Waals surface area contributed by atoms with Gasteiger partial charge in [0, 0.05) is 35.0 Å². The van der Waals surface area contributed by atoms with Crippen LogP contribution >= 0.6 is 0 Å². The Kier molecular flexibility index (Phi) is 9.25. The molecule has 3 aromatic rings. The minimum Gasteiger partial charge on any atom is -0.496 e. The van der Waals surface area contributed by atoms with Crippen molar-refractivity contribution in [2.75, 3.05) is 13.7 Å². The summed E-state index contributed by atoms with van der Waals surface area (Å²) < 4.78 is 23.4. The van der Waals surface area contributed by atoms with Crippen molar-refractivity contribution in [3.63, 3.8) is 0 Å². The van der Waals surface area contributed by atoms with Crippen LogP contribution in [-0.2, 0) is 23.9 Å². The fraction of sp³-hybridized carbons (Fsp3) is 0.486. The van der Waals surface area contributed by atoms with Gasteiger partial charge in [-0.3, -0.25) is 19.4 Å². The first kappa shape index (κ1) is 33.1. The summed E-state index contributed by atoms with van der Waals surface area (Å²) in [4.78, 5) is 50.1. The number of carbonyl (C=O) groups is 3. The van der Waals surface area contributed by atoms with Gasteiger partial charge in [-0.25, -0.2) is 4.98 Å². The van der Waals surface area contributed by atoms with Gasteiger partial charge in [-0.15, -0.1) is 6.58 Å². The molecule has 2 aromatic heterocycles. The lowest BCUT2D eigenvalue weighted by molar-refractivity contribution is -0.163. The predicted octanol–water partition coefficient (Wildman–Crippen LogP) is 6.75. The van der Waals surface area contributed by atoms with Gasteiger partial charge in [0.2, 0.25) is 0 Å². The Labute approximate surface area is 270 Å². The van der Waals surface area contributed by atoms with Gasteiger partial charge in [-0.1, -0.05) is 12.1 Å². The van der Waals surface area contributed by atoms with E-state index in [9.17, 15) is 14.4 Å². The zero-order chi connectivity index (χ0) is 33.4. The first-order chi connectivity index (χ1) is 21.8. The Hall–Kier alpha value is -4.27. The summed E-state index contributed by atoms with van der Waals surface area (Å²) in [5, 5.41) is 0.784. The van der Waals surface area contributed by atoms with Crippen LogP contribution in [0.25, 0.3) is 22.3 Å². The smallest absolute Gasteiger partial charge is 0.313 e. The maximum Gasteiger partial charge on any atom is 0.313 e. The molecule has 9 heteroatoms. The fourth-order valence-electron chi connectivity index (χ4n) is 6.64. The summed E-state index contributed by atoms with van der Waals surface area (Å²) in [5.74, 6) is -1.25. The molecule has 1 aromatic carbocycles. The van der Waals surface area contributed by atoms with Gasteiger partial charge in [0.15, 0.2) is 0 Å². The molecule has 244 valence electrons. The molecule has 9 nitrogen and oxygen atoms in total. The van der Waals surface area contributed by atoms with E-state index < -0.39 is 34.9 Å². The number of carbonyl (C=O) groups excluding carboxylic acids is 3. The van der Waals surface area contributed by atoms with Gasteiger partial charge in [0.05, 0.1) is 42.0 Å². The van der Waals surface area contributed by atoms with Gasteiger partial charge in [0.1, 0.15) is 29.0 Å². The number of benzene rings is 1. The monoisotopic (exact) mass is 628 g/mol. The highest BCUT2D eigenvalue weighted by Gasteiger charge is 2.61. The van der Waals surface area contributed by atoms with Crippen molar-refractivity contribution >= 4 is 28.6 Å². The van der Waals surface area contributed by atoms with Crippen LogP contribution in [-0.4, -0.2) is 53.1 Å². The number of hydrogen-bond acceptors (Lipinski definition) is 9. The van der Waals surface area contributed by atoms with E-state index in [0.29, 0.717) is 47.7 Å². The number of methoxy groups -OCH3 is 1. The highest BCUT2D eigenvalue weighted by atomic mass is 16.6. The number of fused-ring (bicyclic) bond motifs is 1. The fourth-order valence-corrected chi connectivity index (χ4v) is 6.64. The molecule has 0 N–H and O–H groups in total. The van der Waals surface area contributed by atoms with Gasteiger partial charge in [-0.05, 0) is 91.0 Å². The first-order valence-electron chi connectivity index (χ1n) is 15.9. The molecular formula is C37H44N2O7. The maximum absolute atomic E-state index is 14.0. The number of aromatic nitrogens is 2. The van der Waals surface area contributed by atoms with E-state index in [1.54, 1.807) is 40.9 Å². The van der Waals surface area contributed by atoms with E-state index in [0.717, 1.165) is 16.6 Å². The van der Waals surface area contributed by atoms with Crippen LogP contribution in [0.1, 0.15) is 64.6 Å². The molecule has 2 aliphatic rings. The number of pyridine rings is 2. The largest absolute Gasteiger partial charge is 0.496 e. The topological polar surface area (TPSA) is 114 Å². The first-order valence-corrected chi connectivity index (χ1v) is 15.9. The van der Waals surface area contributed by atoms with Crippen molar-refractivity contribution < 1.29 is 33.3 Å². The van der Waals surface area contributed by atoms with Crippen molar-refractivity contribution in [1.29, 1.82) is 0 Å². The SMILES string of the molecule is C=C[C@@H]1CC1(CC(=O)[C@@H]1C[C@@H](Oc2cc(-c3cccc(C)n3)nc3c(C)c(OC)ccc23)C[C@H]1C(=O)OC(C)(C)C)C(=O)OCC. The molecular weight excluding hydrogens is 584 g/mol. The van der Waals surface area contributed by atoms with E-state index >= 15 is 0 Å². The van der Waals surface area contributed by atoms with Crippen LogP contribution in [0.5, 0.6) is 11.5 Å². The number of ketones is 1. The van der Waals surface area contributed by atoms with Crippen LogP contribution in [0.2, 0.25) is 0 Å². The number of rotatable bonds is 11. The lowest BCUT2D eigenvalue weighted by atomic mass is 9.84. The highest BCUT2D eigenvalue weighted by Crippen LogP contribution is 2.58. The highest BCUT2D eigenvalue weighted by molar-refractivity contribution is 5.94. The Morgan fingerprint density at radius 2 is 1.76 bits per heavy atom. The number of esters is 2. The zero-order valence-corrected chi connectivity index (χ0v) is 27.8. The average molecular weight is 629 g/mol. The van der Waals surface area contributed by atoms with E-state index in [-0.39, 0.29) is 30.7 Å². The van der Waals surface area contributed by atoms with E-state index in [1.165, 1.54) is 0 Å². The number of Topliss-reactive ketones (excluding diaryl/α,β-unsaturated/α-hetero) is 1. The summed E-state index contributed by atoms with van der Waals surface area (Å²) in [5.41, 5.74) is 2.11. The van der Waals surface area contributed by atoms with E-state index in [1.807, 2.05) is 50.2 Å². The summed E-state index contributed by atoms with van der Waals surface area (Å²) >= 11 is 0. The normalized spacial score (nSPS) is 23.9.